The number of allylic oxidation sites excluding steroid dienone is 1. The third-order valence-corrected chi connectivity index (χ3v) is 4.32. The average Bonchev–Trinajstić information content (AvgIpc) is 2.72. The first-order valence-corrected chi connectivity index (χ1v) is 8.29. The van der Waals surface area contributed by atoms with E-state index in [4.69, 9.17) is 14.2 Å². The number of carbonyl (C=O) groups is 3. The standard InChI is InChI=1S/C18H26O6/c1-7-11-9-17(6)10-12(14(20)22-8-2)13(19)18(11,24-17)15(21)23-16(3,4)5/h7,12H,8-10H2,1-6H3/b11-7+/t12-,17+,18-/m1/s1. The fraction of sp³-hybridized carbons (Fsp3) is 0.722. The zero-order chi connectivity index (χ0) is 18.3. The van der Waals surface area contributed by atoms with Crippen molar-refractivity contribution in [2.45, 2.75) is 71.2 Å². The van der Waals surface area contributed by atoms with Crippen LogP contribution >= 0.6 is 0 Å². The molecule has 2 bridgehead atoms. The predicted octanol–water partition coefficient (Wildman–Crippen LogP) is 2.34. The van der Waals surface area contributed by atoms with E-state index >= 15 is 0 Å². The van der Waals surface area contributed by atoms with Crippen molar-refractivity contribution >= 4 is 17.7 Å². The van der Waals surface area contributed by atoms with Crippen molar-refractivity contribution < 1.29 is 28.6 Å². The summed E-state index contributed by atoms with van der Waals surface area (Å²) in [7, 11) is 0. The predicted molar refractivity (Wildman–Crippen MR) is 86.2 cm³/mol. The zero-order valence-electron chi connectivity index (χ0n) is 15.2. The molecule has 0 aromatic rings. The van der Waals surface area contributed by atoms with E-state index in [9.17, 15) is 14.4 Å². The number of fused-ring (bicyclic) bond motifs is 2. The molecule has 3 atom stereocenters. The second kappa shape index (κ2) is 5.99. The minimum absolute atomic E-state index is 0.177. The summed E-state index contributed by atoms with van der Waals surface area (Å²) < 4.78 is 16.4. The summed E-state index contributed by atoms with van der Waals surface area (Å²) >= 11 is 0. The molecule has 0 spiro atoms. The molecule has 2 saturated heterocycles. The van der Waals surface area contributed by atoms with Crippen molar-refractivity contribution in [3.63, 3.8) is 0 Å². The largest absolute Gasteiger partial charge is 0.465 e. The van der Waals surface area contributed by atoms with Gasteiger partial charge in [-0.15, -0.1) is 0 Å². The van der Waals surface area contributed by atoms with E-state index in [0.29, 0.717) is 12.0 Å². The number of rotatable bonds is 3. The van der Waals surface area contributed by atoms with Crippen LogP contribution in [0, 0.1) is 5.92 Å². The second-order valence-corrected chi connectivity index (χ2v) is 7.60. The fourth-order valence-electron chi connectivity index (χ4n) is 3.45. The maximum atomic E-state index is 13.1. The third-order valence-electron chi connectivity index (χ3n) is 4.32. The van der Waals surface area contributed by atoms with Gasteiger partial charge in [0.15, 0.2) is 5.78 Å². The topological polar surface area (TPSA) is 78.9 Å². The lowest BCUT2D eigenvalue weighted by molar-refractivity contribution is -0.201. The Kier molecular flexibility index (Phi) is 4.65. The van der Waals surface area contributed by atoms with Gasteiger partial charge >= 0.3 is 11.9 Å². The minimum Gasteiger partial charge on any atom is -0.465 e. The van der Waals surface area contributed by atoms with E-state index in [-0.39, 0.29) is 13.0 Å². The molecule has 2 fully saturated rings. The molecular formula is C18H26O6. The van der Waals surface area contributed by atoms with Crippen LogP contribution < -0.4 is 0 Å². The normalized spacial score (nSPS) is 34.3. The second-order valence-electron chi connectivity index (χ2n) is 7.60. The number of hydrogen-bond acceptors (Lipinski definition) is 6. The van der Waals surface area contributed by atoms with Gasteiger partial charge in [0.2, 0.25) is 5.60 Å². The van der Waals surface area contributed by atoms with Crippen molar-refractivity contribution in [1.82, 2.24) is 0 Å². The lowest BCUT2D eigenvalue weighted by atomic mass is 9.81. The first-order chi connectivity index (χ1) is 11.0. The van der Waals surface area contributed by atoms with Crippen LogP contribution in [-0.4, -0.2) is 41.1 Å². The maximum Gasteiger partial charge on any atom is 0.351 e. The number of Topliss-reactive ketones (excluding diaryl/α,β-unsaturated/α-hetero) is 1. The molecule has 0 aromatic heterocycles. The van der Waals surface area contributed by atoms with Crippen molar-refractivity contribution in [3.8, 4) is 0 Å². The van der Waals surface area contributed by atoms with E-state index < -0.39 is 40.4 Å². The molecule has 0 N–H and O–H groups in total. The van der Waals surface area contributed by atoms with Gasteiger partial charge in [-0.25, -0.2) is 4.79 Å². The van der Waals surface area contributed by atoms with Crippen LogP contribution in [0.4, 0.5) is 0 Å². The molecule has 2 aliphatic rings. The molecule has 134 valence electrons. The van der Waals surface area contributed by atoms with Crippen molar-refractivity contribution in [3.05, 3.63) is 11.6 Å². The van der Waals surface area contributed by atoms with Gasteiger partial charge in [0.1, 0.15) is 11.5 Å². The summed E-state index contributed by atoms with van der Waals surface area (Å²) in [6.45, 7) is 10.6. The number of ketones is 1. The summed E-state index contributed by atoms with van der Waals surface area (Å²) in [5.41, 5.74) is -2.84. The molecular weight excluding hydrogens is 312 g/mol. The lowest BCUT2D eigenvalue weighted by Crippen LogP contribution is -2.59. The Bertz CT molecular complexity index is 599. The summed E-state index contributed by atoms with van der Waals surface area (Å²) in [5, 5.41) is 0. The van der Waals surface area contributed by atoms with Crippen LogP contribution in [0.15, 0.2) is 11.6 Å². The summed E-state index contributed by atoms with van der Waals surface area (Å²) in [4.78, 5) is 38.2. The lowest BCUT2D eigenvalue weighted by Gasteiger charge is -2.39. The molecule has 2 heterocycles. The molecule has 0 aromatic carbocycles. The van der Waals surface area contributed by atoms with Gasteiger partial charge in [-0.1, -0.05) is 6.08 Å². The molecule has 2 rings (SSSR count). The van der Waals surface area contributed by atoms with Crippen LogP contribution in [0.25, 0.3) is 0 Å². The van der Waals surface area contributed by atoms with Crippen LogP contribution in [0.1, 0.15) is 54.4 Å². The van der Waals surface area contributed by atoms with Gasteiger partial charge in [-0.2, -0.15) is 0 Å². The minimum atomic E-state index is -1.84. The highest BCUT2D eigenvalue weighted by molar-refractivity contribution is 6.18. The van der Waals surface area contributed by atoms with Crippen LogP contribution in [-0.2, 0) is 28.6 Å². The monoisotopic (exact) mass is 338 g/mol. The van der Waals surface area contributed by atoms with Gasteiger partial charge in [-0.05, 0) is 53.5 Å². The Balaban J connectivity index is 2.50. The highest BCUT2D eigenvalue weighted by atomic mass is 16.6. The Labute approximate surface area is 142 Å². The molecule has 24 heavy (non-hydrogen) atoms. The first-order valence-electron chi connectivity index (χ1n) is 8.29. The smallest absolute Gasteiger partial charge is 0.351 e. The van der Waals surface area contributed by atoms with E-state index in [1.807, 2.05) is 0 Å². The number of carbonyl (C=O) groups excluding carboxylic acids is 3. The highest BCUT2D eigenvalue weighted by Crippen LogP contribution is 2.52. The Morgan fingerprint density at radius 3 is 2.50 bits per heavy atom. The molecule has 0 unspecified atom stereocenters. The highest BCUT2D eigenvalue weighted by Gasteiger charge is 2.68. The first kappa shape index (κ1) is 18.6. The summed E-state index contributed by atoms with van der Waals surface area (Å²) in [6.07, 6.45) is 2.32. The van der Waals surface area contributed by atoms with Gasteiger partial charge in [0.05, 0.1) is 12.2 Å². The molecule has 6 nitrogen and oxygen atoms in total. The third kappa shape index (κ3) is 2.99. The number of esters is 2. The van der Waals surface area contributed by atoms with Crippen molar-refractivity contribution in [2.75, 3.05) is 6.61 Å². The molecule has 0 radical (unpaired) electrons. The van der Waals surface area contributed by atoms with E-state index in [0.717, 1.165) is 0 Å². The average molecular weight is 338 g/mol. The van der Waals surface area contributed by atoms with E-state index in [1.54, 1.807) is 47.6 Å². The molecule has 0 saturated carbocycles. The van der Waals surface area contributed by atoms with Gasteiger partial charge in [0.25, 0.3) is 0 Å². The van der Waals surface area contributed by atoms with Gasteiger partial charge < -0.3 is 14.2 Å². The quantitative estimate of drug-likeness (QED) is 0.446. The van der Waals surface area contributed by atoms with Crippen LogP contribution in [0.2, 0.25) is 0 Å². The Hall–Kier alpha value is -1.69. The maximum absolute atomic E-state index is 13.1. The van der Waals surface area contributed by atoms with Crippen LogP contribution in [0.5, 0.6) is 0 Å². The molecule has 6 heteroatoms. The van der Waals surface area contributed by atoms with Crippen LogP contribution in [0.3, 0.4) is 0 Å². The van der Waals surface area contributed by atoms with E-state index in [2.05, 4.69) is 0 Å². The Morgan fingerprint density at radius 2 is 2.00 bits per heavy atom. The van der Waals surface area contributed by atoms with Gasteiger partial charge in [0, 0.05) is 6.42 Å². The fourth-order valence-corrected chi connectivity index (χ4v) is 3.45. The summed E-state index contributed by atoms with van der Waals surface area (Å²) in [5.74, 6) is -2.97. The molecule has 0 amide bonds. The summed E-state index contributed by atoms with van der Waals surface area (Å²) in [6, 6.07) is 0. The van der Waals surface area contributed by atoms with Gasteiger partial charge in [-0.3, -0.25) is 9.59 Å². The Morgan fingerprint density at radius 1 is 1.38 bits per heavy atom. The van der Waals surface area contributed by atoms with Crippen molar-refractivity contribution in [2.24, 2.45) is 5.92 Å². The number of hydrogen-bond donors (Lipinski definition) is 0. The zero-order valence-corrected chi connectivity index (χ0v) is 15.2. The molecule has 0 aliphatic carbocycles. The van der Waals surface area contributed by atoms with E-state index in [1.165, 1.54) is 0 Å². The SMILES string of the molecule is C/C=C1\C[C@@]2(C)C[C@@H](C(=O)OCC)C(=O)[C@]1(C(=O)OC(C)(C)C)O2. The molecule has 2 aliphatic heterocycles. The number of ether oxygens (including phenoxy) is 3. The van der Waals surface area contributed by atoms with Crippen molar-refractivity contribution in [1.29, 1.82) is 0 Å².